The van der Waals surface area contributed by atoms with Gasteiger partial charge in [-0.15, -0.1) is 11.3 Å². The number of fused-ring (bicyclic) bond motifs is 2. The maximum atomic E-state index is 13.1. The number of nitrogens with zero attached hydrogens (tertiary/aromatic N) is 4. The van der Waals surface area contributed by atoms with Crippen molar-refractivity contribution in [1.29, 1.82) is 0 Å². The summed E-state index contributed by atoms with van der Waals surface area (Å²) in [5.74, 6) is -0.207. The number of aryl methyl sites for hydroxylation is 3. The van der Waals surface area contributed by atoms with E-state index in [1.807, 2.05) is 38.4 Å². The topological polar surface area (TPSA) is 72.7 Å². The Morgan fingerprint density at radius 3 is 2.67 bits per heavy atom. The summed E-state index contributed by atoms with van der Waals surface area (Å²) in [6.45, 7) is 3.76. The summed E-state index contributed by atoms with van der Waals surface area (Å²) in [6.07, 6.45) is 0. The Morgan fingerprint density at radius 1 is 1.03 bits per heavy atom. The van der Waals surface area contributed by atoms with Gasteiger partial charge in [-0.05, 0) is 36.8 Å². The molecule has 0 atom stereocenters. The second-order valence-corrected chi connectivity index (χ2v) is 8.13. The first-order valence-electron chi connectivity index (χ1n) is 9.56. The number of carbonyl (C=O) groups is 1. The van der Waals surface area contributed by atoms with E-state index < -0.39 is 0 Å². The molecule has 0 unspecified atom stereocenters. The third-order valence-electron chi connectivity index (χ3n) is 5.11. The zero-order chi connectivity index (χ0) is 20.8. The van der Waals surface area contributed by atoms with Gasteiger partial charge in [0.1, 0.15) is 0 Å². The summed E-state index contributed by atoms with van der Waals surface area (Å²) >= 11 is 1.41. The number of hydrogen-bond acceptors (Lipinski definition) is 5. The molecule has 0 saturated heterocycles. The van der Waals surface area contributed by atoms with E-state index in [1.54, 1.807) is 10.7 Å². The van der Waals surface area contributed by atoms with Gasteiger partial charge >= 0.3 is 0 Å². The van der Waals surface area contributed by atoms with Gasteiger partial charge in [0.25, 0.3) is 5.91 Å². The van der Waals surface area contributed by atoms with Crippen LogP contribution in [0.1, 0.15) is 21.7 Å². The first kappa shape index (κ1) is 18.4. The number of thiazole rings is 1. The molecule has 5 rings (SSSR count). The number of rotatable bonds is 3. The Bertz CT molecular complexity index is 1430. The Balaban J connectivity index is 1.47. The molecule has 3 heterocycles. The van der Waals surface area contributed by atoms with Gasteiger partial charge in [-0.1, -0.05) is 36.4 Å². The molecule has 5 aromatic rings. The van der Waals surface area contributed by atoms with Crippen molar-refractivity contribution in [3.8, 4) is 11.3 Å². The Kier molecular flexibility index (Phi) is 4.33. The molecule has 6 nitrogen and oxygen atoms in total. The lowest BCUT2D eigenvalue weighted by Crippen LogP contribution is -2.13. The first-order chi connectivity index (χ1) is 14.5. The predicted octanol–water partition coefficient (Wildman–Crippen LogP) is 5.11. The van der Waals surface area contributed by atoms with E-state index >= 15 is 0 Å². The molecular weight excluding hydrogens is 394 g/mol. The van der Waals surface area contributed by atoms with Gasteiger partial charge in [-0.2, -0.15) is 5.10 Å². The Morgan fingerprint density at radius 2 is 1.83 bits per heavy atom. The third kappa shape index (κ3) is 3.13. The van der Waals surface area contributed by atoms with Crippen LogP contribution in [-0.4, -0.2) is 25.7 Å². The van der Waals surface area contributed by atoms with Crippen LogP contribution < -0.4 is 5.32 Å². The molecule has 2 aromatic carbocycles. The van der Waals surface area contributed by atoms with Crippen molar-refractivity contribution in [3.63, 3.8) is 0 Å². The van der Waals surface area contributed by atoms with Crippen LogP contribution in [0.2, 0.25) is 0 Å². The Labute approximate surface area is 177 Å². The highest BCUT2D eigenvalue weighted by atomic mass is 32.1. The molecule has 1 N–H and O–H groups in total. The van der Waals surface area contributed by atoms with Gasteiger partial charge in [0.05, 0.1) is 22.3 Å². The number of nitrogens with one attached hydrogen (secondary N) is 1. The van der Waals surface area contributed by atoms with Gasteiger partial charge in [0.2, 0.25) is 0 Å². The lowest BCUT2D eigenvalue weighted by molar-refractivity contribution is 0.102. The van der Waals surface area contributed by atoms with Gasteiger partial charge in [-0.25, -0.2) is 9.97 Å². The monoisotopic (exact) mass is 413 g/mol. The van der Waals surface area contributed by atoms with Gasteiger partial charge < -0.3 is 0 Å². The smallest absolute Gasteiger partial charge is 0.258 e. The fraction of sp³-hybridized carbons (Fsp3) is 0.130. The molecular formula is C23H19N5OS. The summed E-state index contributed by atoms with van der Waals surface area (Å²) in [7, 11) is 1.83. The van der Waals surface area contributed by atoms with Crippen LogP contribution in [-0.2, 0) is 7.05 Å². The lowest BCUT2D eigenvalue weighted by Gasteiger charge is -2.06. The van der Waals surface area contributed by atoms with E-state index in [9.17, 15) is 4.79 Å². The number of benzene rings is 2. The zero-order valence-electron chi connectivity index (χ0n) is 16.8. The highest BCUT2D eigenvalue weighted by Crippen LogP contribution is 2.29. The Hall–Kier alpha value is -3.58. The minimum atomic E-state index is -0.207. The van der Waals surface area contributed by atoms with Crippen molar-refractivity contribution in [3.05, 3.63) is 70.9 Å². The van der Waals surface area contributed by atoms with Crippen molar-refractivity contribution in [2.24, 2.45) is 7.05 Å². The first-order valence-corrected chi connectivity index (χ1v) is 10.4. The van der Waals surface area contributed by atoms with Gasteiger partial charge in [0, 0.05) is 23.7 Å². The van der Waals surface area contributed by atoms with Gasteiger partial charge in [0.15, 0.2) is 10.8 Å². The quantitative estimate of drug-likeness (QED) is 0.446. The van der Waals surface area contributed by atoms with Crippen LogP contribution in [0.4, 0.5) is 5.13 Å². The number of amides is 1. The molecule has 0 bridgehead atoms. The number of anilines is 1. The van der Waals surface area contributed by atoms with Crippen LogP contribution in [0.3, 0.4) is 0 Å². The summed E-state index contributed by atoms with van der Waals surface area (Å²) in [5, 5.41) is 13.0. The second-order valence-electron chi connectivity index (χ2n) is 7.27. The molecule has 7 heteroatoms. The maximum Gasteiger partial charge on any atom is 0.258 e. The van der Waals surface area contributed by atoms with Crippen LogP contribution in [0.15, 0.2) is 53.9 Å². The fourth-order valence-corrected chi connectivity index (χ4v) is 4.44. The number of aromatic nitrogens is 4. The number of carbonyl (C=O) groups excluding carboxylic acids is 1. The predicted molar refractivity (Wildman–Crippen MR) is 121 cm³/mol. The third-order valence-corrected chi connectivity index (χ3v) is 5.87. The molecule has 0 fully saturated rings. The number of pyridine rings is 1. The molecule has 0 aliphatic rings. The second kappa shape index (κ2) is 7.03. The average Bonchev–Trinajstić information content (AvgIpc) is 3.31. The molecule has 0 spiro atoms. The largest absolute Gasteiger partial charge is 0.298 e. The molecule has 0 aliphatic carbocycles. The lowest BCUT2D eigenvalue weighted by atomic mass is 10.1. The van der Waals surface area contributed by atoms with E-state index in [0.717, 1.165) is 33.4 Å². The molecule has 30 heavy (non-hydrogen) atoms. The highest BCUT2D eigenvalue weighted by molar-refractivity contribution is 7.14. The van der Waals surface area contributed by atoms with Crippen molar-refractivity contribution < 1.29 is 4.79 Å². The molecule has 0 radical (unpaired) electrons. The highest BCUT2D eigenvalue weighted by Gasteiger charge is 2.19. The standard InChI is InChI=1S/C23H19N5OS/c1-13-10-18(20-14(2)27-28(3)21(20)24-13)22(29)26-23-25-19(12-30-23)17-9-8-15-6-4-5-7-16(15)11-17/h4-12H,1-3H3,(H,25,26,29). The van der Waals surface area contributed by atoms with Crippen molar-refractivity contribution >= 4 is 44.2 Å². The summed E-state index contributed by atoms with van der Waals surface area (Å²) in [5.41, 5.74) is 4.68. The minimum absolute atomic E-state index is 0.207. The normalized spacial score (nSPS) is 11.3. The summed E-state index contributed by atoms with van der Waals surface area (Å²) in [6, 6.07) is 16.3. The van der Waals surface area contributed by atoms with Crippen molar-refractivity contribution in [2.45, 2.75) is 13.8 Å². The SMILES string of the molecule is Cc1cc(C(=O)Nc2nc(-c3ccc4ccccc4c3)cs2)c2c(C)nn(C)c2n1. The van der Waals surface area contributed by atoms with Crippen molar-refractivity contribution in [2.75, 3.05) is 5.32 Å². The molecule has 1 amide bonds. The van der Waals surface area contributed by atoms with E-state index in [2.05, 4.69) is 50.7 Å². The van der Waals surface area contributed by atoms with E-state index in [4.69, 9.17) is 0 Å². The summed E-state index contributed by atoms with van der Waals surface area (Å²) in [4.78, 5) is 22.2. The molecule has 148 valence electrons. The van der Waals surface area contributed by atoms with E-state index in [-0.39, 0.29) is 5.91 Å². The van der Waals surface area contributed by atoms with Crippen LogP contribution in [0.25, 0.3) is 33.1 Å². The minimum Gasteiger partial charge on any atom is -0.298 e. The van der Waals surface area contributed by atoms with Crippen molar-refractivity contribution in [1.82, 2.24) is 19.7 Å². The van der Waals surface area contributed by atoms with Crippen LogP contribution >= 0.6 is 11.3 Å². The van der Waals surface area contributed by atoms with Crippen LogP contribution in [0.5, 0.6) is 0 Å². The average molecular weight is 414 g/mol. The van der Waals surface area contributed by atoms with E-state index in [1.165, 1.54) is 16.7 Å². The van der Waals surface area contributed by atoms with Gasteiger partial charge in [-0.3, -0.25) is 14.8 Å². The molecule has 0 saturated carbocycles. The molecule has 0 aliphatic heterocycles. The maximum absolute atomic E-state index is 13.1. The van der Waals surface area contributed by atoms with E-state index in [0.29, 0.717) is 16.3 Å². The number of hydrogen-bond donors (Lipinski definition) is 1. The summed E-state index contributed by atoms with van der Waals surface area (Å²) < 4.78 is 1.70. The molecule has 3 aromatic heterocycles. The van der Waals surface area contributed by atoms with Crippen LogP contribution in [0, 0.1) is 13.8 Å². The zero-order valence-corrected chi connectivity index (χ0v) is 17.6. The fourth-order valence-electron chi connectivity index (χ4n) is 3.73.